The maximum Gasteiger partial charge on any atom is 0.162 e. The van der Waals surface area contributed by atoms with Crippen molar-refractivity contribution in [2.24, 2.45) is 0 Å². The highest BCUT2D eigenvalue weighted by Gasteiger charge is 2.08. The smallest absolute Gasteiger partial charge is 0.162 e. The van der Waals surface area contributed by atoms with E-state index in [9.17, 15) is 0 Å². The molecule has 1 atom stereocenters. The topological polar surface area (TPSA) is 19.0 Å². The molecule has 5 heteroatoms. The van der Waals surface area contributed by atoms with Crippen LogP contribution >= 0.6 is 0 Å². The van der Waals surface area contributed by atoms with Crippen LogP contribution in [-0.4, -0.2) is 89.5 Å². The lowest BCUT2D eigenvalue weighted by atomic mass is 10.2. The molecule has 0 heterocycles. The molecule has 0 aromatic heterocycles. The minimum atomic E-state index is -0.322. The van der Waals surface area contributed by atoms with Gasteiger partial charge in [0.25, 0.3) is 0 Å². The van der Waals surface area contributed by atoms with Gasteiger partial charge in [0.15, 0.2) is 9.76 Å². The maximum absolute atomic E-state index is 6.05. The maximum atomic E-state index is 6.05. The fraction of sp³-hybridized carbons (Fsp3) is 1.00. The van der Waals surface area contributed by atoms with E-state index < -0.39 is 0 Å². The van der Waals surface area contributed by atoms with Crippen LogP contribution in [0, 0.1) is 0 Å². The lowest BCUT2D eigenvalue weighted by Gasteiger charge is -2.26. The van der Waals surface area contributed by atoms with Gasteiger partial charge >= 0.3 is 0 Å². The van der Waals surface area contributed by atoms with Crippen molar-refractivity contribution in [2.75, 3.05) is 58.9 Å². The molecule has 0 rings (SSSR count). The summed E-state index contributed by atoms with van der Waals surface area (Å²) >= 11 is 0. The Kier molecular flexibility index (Phi) is 19.4. The van der Waals surface area contributed by atoms with E-state index in [2.05, 4.69) is 56.2 Å². The van der Waals surface area contributed by atoms with Gasteiger partial charge in [-0.25, -0.2) is 0 Å². The highest BCUT2D eigenvalue weighted by atomic mass is 28.2. The van der Waals surface area contributed by atoms with E-state index >= 15 is 0 Å². The average molecular weight is 402 g/mol. The van der Waals surface area contributed by atoms with Crippen molar-refractivity contribution in [3.63, 3.8) is 0 Å². The van der Waals surface area contributed by atoms with Crippen LogP contribution in [0.1, 0.15) is 73.6 Å². The van der Waals surface area contributed by atoms with Crippen LogP contribution in [0.5, 0.6) is 0 Å². The van der Waals surface area contributed by atoms with E-state index in [1.807, 2.05) is 0 Å². The van der Waals surface area contributed by atoms with Gasteiger partial charge in [-0.2, -0.15) is 0 Å². The molecule has 0 N–H and O–H groups in total. The first-order chi connectivity index (χ1) is 13.1. The molecule has 0 saturated heterocycles. The van der Waals surface area contributed by atoms with Crippen LogP contribution in [0.15, 0.2) is 0 Å². The summed E-state index contributed by atoms with van der Waals surface area (Å²) in [5.74, 6) is 0. The molecule has 0 aliphatic rings. The number of hydrogen-bond donors (Lipinski definition) is 0. The van der Waals surface area contributed by atoms with Crippen molar-refractivity contribution in [3.05, 3.63) is 0 Å². The third kappa shape index (κ3) is 15.6. The third-order valence-corrected chi connectivity index (χ3v) is 7.25. The zero-order valence-electron chi connectivity index (χ0n) is 19.6. The van der Waals surface area contributed by atoms with Crippen LogP contribution in [-0.2, 0) is 4.43 Å². The summed E-state index contributed by atoms with van der Waals surface area (Å²) in [6, 6.07) is 1.33. The minimum absolute atomic E-state index is 0.322. The molecule has 0 aromatic rings. The summed E-state index contributed by atoms with van der Waals surface area (Å²) in [6.45, 7) is 24.5. The molecule has 0 aliphatic heterocycles. The molecule has 1 unspecified atom stereocenters. The Morgan fingerprint density at radius 3 is 1.56 bits per heavy atom. The molecule has 0 fully saturated rings. The van der Waals surface area contributed by atoms with Crippen LogP contribution in [0.4, 0.5) is 0 Å². The summed E-state index contributed by atoms with van der Waals surface area (Å²) in [4.78, 5) is 7.81. The second kappa shape index (κ2) is 19.4. The Morgan fingerprint density at radius 1 is 0.667 bits per heavy atom. The summed E-state index contributed by atoms with van der Waals surface area (Å²) in [7, 11) is -0.322. The fourth-order valence-electron chi connectivity index (χ4n) is 3.66. The molecule has 0 aromatic carbocycles. The van der Waals surface area contributed by atoms with Crippen LogP contribution in [0.25, 0.3) is 0 Å². The first kappa shape index (κ1) is 27.1. The van der Waals surface area contributed by atoms with Crippen LogP contribution < -0.4 is 0 Å². The molecular formula is C22H51N3OSi. The molecular weight excluding hydrogens is 350 g/mol. The standard InChI is InChI=1S/C22H51N3OSi/c1-7-15-22(6)26-27-21-14-20-25(18-12-16-23(8-2)9-3)19-13-17-24(10-4)11-5/h22H,7-21,27H2,1-6H3. The largest absolute Gasteiger partial charge is 0.421 e. The molecule has 4 nitrogen and oxygen atoms in total. The quantitative estimate of drug-likeness (QED) is 0.228. The molecule has 0 saturated carbocycles. The highest BCUT2D eigenvalue weighted by Crippen LogP contribution is 2.05. The molecule has 0 bridgehead atoms. The van der Waals surface area contributed by atoms with Gasteiger partial charge in [0.05, 0.1) is 0 Å². The summed E-state index contributed by atoms with van der Waals surface area (Å²) in [5.41, 5.74) is 0. The average Bonchev–Trinajstić information content (AvgIpc) is 2.68. The van der Waals surface area contributed by atoms with Gasteiger partial charge in [-0.05, 0) is 97.6 Å². The van der Waals surface area contributed by atoms with Gasteiger partial charge in [-0.1, -0.05) is 41.0 Å². The first-order valence-corrected chi connectivity index (χ1v) is 13.5. The van der Waals surface area contributed by atoms with Gasteiger partial charge in [-0.3, -0.25) is 0 Å². The predicted molar refractivity (Wildman–Crippen MR) is 125 cm³/mol. The lowest BCUT2D eigenvalue weighted by Crippen LogP contribution is -2.33. The first-order valence-electron chi connectivity index (χ1n) is 11.9. The minimum Gasteiger partial charge on any atom is -0.421 e. The normalized spacial score (nSPS) is 13.7. The van der Waals surface area contributed by atoms with Crippen LogP contribution in [0.2, 0.25) is 6.04 Å². The van der Waals surface area contributed by atoms with Gasteiger partial charge in [0.2, 0.25) is 0 Å². The number of hydrogen-bond acceptors (Lipinski definition) is 4. The Bertz CT molecular complexity index is 281. The Morgan fingerprint density at radius 2 is 1.11 bits per heavy atom. The lowest BCUT2D eigenvalue weighted by molar-refractivity contribution is 0.210. The Hall–Kier alpha value is 0.0569. The fourth-order valence-corrected chi connectivity index (χ4v) is 4.83. The van der Waals surface area contributed by atoms with Crippen molar-refractivity contribution in [3.8, 4) is 0 Å². The Balaban J connectivity index is 4.13. The van der Waals surface area contributed by atoms with E-state index in [-0.39, 0.29) is 9.76 Å². The third-order valence-electron chi connectivity index (χ3n) is 5.65. The van der Waals surface area contributed by atoms with E-state index in [1.54, 1.807) is 0 Å². The van der Waals surface area contributed by atoms with Crippen molar-refractivity contribution in [1.82, 2.24) is 14.7 Å². The van der Waals surface area contributed by atoms with Gasteiger partial charge < -0.3 is 19.1 Å². The van der Waals surface area contributed by atoms with Gasteiger partial charge in [0.1, 0.15) is 0 Å². The number of rotatable bonds is 20. The highest BCUT2D eigenvalue weighted by molar-refractivity contribution is 6.27. The van der Waals surface area contributed by atoms with E-state index in [0.29, 0.717) is 6.10 Å². The summed E-state index contributed by atoms with van der Waals surface area (Å²) < 4.78 is 6.05. The SMILES string of the molecule is CCCC(C)O[SiH2]CCCN(CCCN(CC)CC)CCCN(CC)CC. The molecule has 27 heavy (non-hydrogen) atoms. The molecule has 0 amide bonds. The molecule has 164 valence electrons. The van der Waals surface area contributed by atoms with E-state index in [1.165, 1.54) is 97.1 Å². The summed E-state index contributed by atoms with van der Waals surface area (Å²) in [5, 5.41) is 0. The van der Waals surface area contributed by atoms with Crippen molar-refractivity contribution < 1.29 is 4.43 Å². The van der Waals surface area contributed by atoms with Crippen molar-refractivity contribution >= 4 is 9.76 Å². The monoisotopic (exact) mass is 401 g/mol. The second-order valence-electron chi connectivity index (χ2n) is 7.78. The predicted octanol–water partition coefficient (Wildman–Crippen LogP) is 3.85. The van der Waals surface area contributed by atoms with Gasteiger partial charge in [-0.15, -0.1) is 0 Å². The molecule has 0 aliphatic carbocycles. The van der Waals surface area contributed by atoms with Crippen LogP contribution in [0.3, 0.4) is 0 Å². The summed E-state index contributed by atoms with van der Waals surface area (Å²) in [6.07, 6.45) is 6.86. The second-order valence-corrected chi connectivity index (χ2v) is 9.23. The van der Waals surface area contributed by atoms with E-state index in [0.717, 1.165) is 0 Å². The molecule has 0 spiro atoms. The number of nitrogens with zero attached hydrogens (tertiary/aromatic N) is 3. The van der Waals surface area contributed by atoms with Crippen molar-refractivity contribution in [2.45, 2.75) is 85.8 Å². The van der Waals surface area contributed by atoms with E-state index in [4.69, 9.17) is 4.43 Å². The molecule has 0 radical (unpaired) electrons. The van der Waals surface area contributed by atoms with Crippen molar-refractivity contribution in [1.29, 1.82) is 0 Å². The zero-order valence-corrected chi connectivity index (χ0v) is 21.1. The van der Waals surface area contributed by atoms with Gasteiger partial charge in [0, 0.05) is 6.10 Å². The zero-order chi connectivity index (χ0) is 20.3. The Labute approximate surface area is 173 Å².